The third-order valence-electron chi connectivity index (χ3n) is 4.43. The van der Waals surface area contributed by atoms with Crippen molar-refractivity contribution in [2.75, 3.05) is 18.4 Å². The molecule has 1 aliphatic rings. The molecule has 2 aromatic rings. The average Bonchev–Trinajstić information content (AvgIpc) is 2.67. The van der Waals surface area contributed by atoms with Crippen LogP contribution in [-0.4, -0.2) is 36.0 Å². The number of nitrogens with two attached hydrogens (primary N) is 1. The Morgan fingerprint density at radius 1 is 1.08 bits per heavy atom. The Kier molecular flexibility index (Phi) is 5.86. The summed E-state index contributed by atoms with van der Waals surface area (Å²) < 4.78 is 5.97. The van der Waals surface area contributed by atoms with Crippen molar-refractivity contribution in [3.05, 3.63) is 65.7 Å². The normalized spacial score (nSPS) is 14.8. The molecule has 0 radical (unpaired) electrons. The Bertz CT molecular complexity index is 756. The summed E-state index contributed by atoms with van der Waals surface area (Å²) >= 11 is 0. The molecule has 3 N–H and O–H groups in total. The van der Waals surface area contributed by atoms with Gasteiger partial charge < -0.3 is 20.7 Å². The molecular formula is C20H23N3O3. The van der Waals surface area contributed by atoms with E-state index in [9.17, 15) is 9.59 Å². The van der Waals surface area contributed by atoms with Crippen molar-refractivity contribution in [1.82, 2.24) is 4.90 Å². The summed E-state index contributed by atoms with van der Waals surface area (Å²) in [5.41, 5.74) is 7.34. The lowest BCUT2D eigenvalue weighted by atomic mass is 10.1. The maximum absolute atomic E-state index is 12.7. The first kappa shape index (κ1) is 17.9. The highest BCUT2D eigenvalue weighted by molar-refractivity contribution is 5.96. The lowest BCUT2D eigenvalue weighted by Gasteiger charge is -2.32. The molecule has 1 aliphatic heterocycles. The van der Waals surface area contributed by atoms with Crippen LogP contribution in [0.5, 0.6) is 0 Å². The molecule has 0 atom stereocenters. The van der Waals surface area contributed by atoms with E-state index in [0.29, 0.717) is 30.9 Å². The fourth-order valence-corrected chi connectivity index (χ4v) is 3.07. The van der Waals surface area contributed by atoms with Crippen molar-refractivity contribution >= 4 is 17.6 Å². The molecule has 0 saturated carbocycles. The van der Waals surface area contributed by atoms with Crippen molar-refractivity contribution < 1.29 is 14.3 Å². The van der Waals surface area contributed by atoms with Crippen LogP contribution in [0.15, 0.2) is 54.6 Å². The highest BCUT2D eigenvalue weighted by Gasteiger charge is 2.24. The minimum absolute atomic E-state index is 0.0420. The molecular weight excluding hydrogens is 330 g/mol. The van der Waals surface area contributed by atoms with Gasteiger partial charge >= 0.3 is 6.03 Å². The zero-order valence-electron chi connectivity index (χ0n) is 14.6. The summed E-state index contributed by atoms with van der Waals surface area (Å²) in [6.07, 6.45) is 1.80. The van der Waals surface area contributed by atoms with Gasteiger partial charge in [-0.25, -0.2) is 4.79 Å². The van der Waals surface area contributed by atoms with E-state index < -0.39 is 6.03 Å². The summed E-state index contributed by atoms with van der Waals surface area (Å²) in [6.45, 7) is 1.91. The van der Waals surface area contributed by atoms with E-state index >= 15 is 0 Å². The van der Waals surface area contributed by atoms with Crippen molar-refractivity contribution in [2.45, 2.75) is 25.6 Å². The molecule has 0 spiro atoms. The number of ether oxygens (including phenoxy) is 1. The lowest BCUT2D eigenvalue weighted by molar-refractivity contribution is -0.000380. The molecule has 1 saturated heterocycles. The molecule has 1 heterocycles. The van der Waals surface area contributed by atoms with Gasteiger partial charge in [-0.1, -0.05) is 36.4 Å². The first-order valence-corrected chi connectivity index (χ1v) is 8.73. The minimum atomic E-state index is -0.647. The number of likely N-dealkylation sites (tertiary alicyclic amines) is 1. The summed E-state index contributed by atoms with van der Waals surface area (Å²) in [4.78, 5) is 25.4. The Morgan fingerprint density at radius 3 is 2.50 bits per heavy atom. The Labute approximate surface area is 152 Å². The number of nitrogens with one attached hydrogen (secondary N) is 1. The maximum Gasteiger partial charge on any atom is 0.316 e. The number of benzene rings is 2. The van der Waals surface area contributed by atoms with Gasteiger partial charge in [-0.3, -0.25) is 4.79 Å². The van der Waals surface area contributed by atoms with Gasteiger partial charge in [0, 0.05) is 24.3 Å². The standard InChI is InChI=1S/C20H23N3O3/c21-20(25)22-17-8-4-7-16(13-17)19(24)23-11-9-18(10-12-23)26-14-15-5-2-1-3-6-15/h1-8,13,18H,9-12,14H2,(H3,21,22,25). The van der Waals surface area contributed by atoms with Gasteiger partial charge in [0.2, 0.25) is 0 Å². The number of carbonyl (C=O) groups is 2. The minimum Gasteiger partial charge on any atom is -0.373 e. The predicted octanol–water partition coefficient (Wildman–Crippen LogP) is 3.00. The van der Waals surface area contributed by atoms with Gasteiger partial charge in [-0.2, -0.15) is 0 Å². The van der Waals surface area contributed by atoms with Crippen LogP contribution in [0.25, 0.3) is 0 Å². The first-order valence-electron chi connectivity index (χ1n) is 8.73. The number of piperidine rings is 1. The SMILES string of the molecule is NC(=O)Nc1cccc(C(=O)N2CCC(OCc3ccccc3)CC2)c1. The topological polar surface area (TPSA) is 84.7 Å². The second-order valence-corrected chi connectivity index (χ2v) is 6.36. The van der Waals surface area contributed by atoms with Crippen molar-refractivity contribution in [3.63, 3.8) is 0 Å². The van der Waals surface area contributed by atoms with E-state index in [4.69, 9.17) is 10.5 Å². The third kappa shape index (κ3) is 4.83. The lowest BCUT2D eigenvalue weighted by Crippen LogP contribution is -2.40. The van der Waals surface area contributed by atoms with Crippen LogP contribution in [0, 0.1) is 0 Å². The van der Waals surface area contributed by atoms with E-state index in [0.717, 1.165) is 18.4 Å². The molecule has 0 bridgehead atoms. The van der Waals surface area contributed by atoms with Crippen LogP contribution in [0.2, 0.25) is 0 Å². The zero-order valence-corrected chi connectivity index (χ0v) is 14.6. The van der Waals surface area contributed by atoms with Crippen LogP contribution in [-0.2, 0) is 11.3 Å². The quantitative estimate of drug-likeness (QED) is 0.866. The molecule has 6 nitrogen and oxygen atoms in total. The van der Waals surface area contributed by atoms with E-state index in [-0.39, 0.29) is 12.0 Å². The number of hydrogen-bond donors (Lipinski definition) is 2. The summed E-state index contributed by atoms with van der Waals surface area (Å²) in [6, 6.07) is 16.3. The van der Waals surface area contributed by atoms with Gasteiger partial charge in [0.05, 0.1) is 12.7 Å². The van der Waals surface area contributed by atoms with E-state index in [2.05, 4.69) is 5.32 Å². The van der Waals surface area contributed by atoms with Crippen LogP contribution < -0.4 is 11.1 Å². The molecule has 0 unspecified atom stereocenters. The number of anilines is 1. The average molecular weight is 353 g/mol. The molecule has 0 aliphatic carbocycles. The molecule has 3 amide bonds. The summed E-state index contributed by atoms with van der Waals surface area (Å²) in [5.74, 6) is -0.0420. The zero-order chi connectivity index (χ0) is 18.4. The summed E-state index contributed by atoms with van der Waals surface area (Å²) in [7, 11) is 0. The molecule has 3 rings (SSSR count). The number of carbonyl (C=O) groups excluding carboxylic acids is 2. The van der Waals surface area contributed by atoms with Crippen molar-refractivity contribution in [2.24, 2.45) is 5.73 Å². The largest absolute Gasteiger partial charge is 0.373 e. The summed E-state index contributed by atoms with van der Waals surface area (Å²) in [5, 5.41) is 2.49. The van der Waals surface area contributed by atoms with E-state index in [1.54, 1.807) is 24.3 Å². The van der Waals surface area contributed by atoms with E-state index in [1.165, 1.54) is 0 Å². The third-order valence-corrected chi connectivity index (χ3v) is 4.43. The van der Waals surface area contributed by atoms with Crippen LogP contribution >= 0.6 is 0 Å². The van der Waals surface area contributed by atoms with Crippen LogP contribution in [0.1, 0.15) is 28.8 Å². The van der Waals surface area contributed by atoms with Crippen molar-refractivity contribution in [3.8, 4) is 0 Å². The molecule has 26 heavy (non-hydrogen) atoms. The predicted molar refractivity (Wildman–Crippen MR) is 99.8 cm³/mol. The monoisotopic (exact) mass is 353 g/mol. The van der Waals surface area contributed by atoms with Gasteiger partial charge in [-0.15, -0.1) is 0 Å². The maximum atomic E-state index is 12.7. The number of primary amides is 1. The van der Waals surface area contributed by atoms with Gasteiger partial charge in [0.15, 0.2) is 0 Å². The van der Waals surface area contributed by atoms with Gasteiger partial charge in [0.1, 0.15) is 0 Å². The second kappa shape index (κ2) is 8.49. The Morgan fingerprint density at radius 2 is 1.81 bits per heavy atom. The highest BCUT2D eigenvalue weighted by Crippen LogP contribution is 2.19. The van der Waals surface area contributed by atoms with Crippen LogP contribution in [0.3, 0.4) is 0 Å². The molecule has 0 aromatic heterocycles. The smallest absolute Gasteiger partial charge is 0.316 e. The molecule has 136 valence electrons. The van der Waals surface area contributed by atoms with Crippen LogP contribution in [0.4, 0.5) is 10.5 Å². The molecule has 2 aromatic carbocycles. The number of amides is 3. The van der Waals surface area contributed by atoms with Gasteiger partial charge in [0.25, 0.3) is 5.91 Å². The number of hydrogen-bond acceptors (Lipinski definition) is 3. The Hall–Kier alpha value is -2.86. The number of urea groups is 1. The second-order valence-electron chi connectivity index (χ2n) is 6.36. The molecule has 6 heteroatoms. The fraction of sp³-hybridized carbons (Fsp3) is 0.300. The first-order chi connectivity index (χ1) is 12.6. The van der Waals surface area contributed by atoms with Gasteiger partial charge in [-0.05, 0) is 36.6 Å². The molecule has 1 fully saturated rings. The van der Waals surface area contributed by atoms with Crippen molar-refractivity contribution in [1.29, 1.82) is 0 Å². The highest BCUT2D eigenvalue weighted by atomic mass is 16.5. The number of rotatable bonds is 5. The Balaban J connectivity index is 1.51. The fourth-order valence-electron chi connectivity index (χ4n) is 3.07. The number of nitrogens with zero attached hydrogens (tertiary/aromatic N) is 1. The van der Waals surface area contributed by atoms with E-state index in [1.807, 2.05) is 35.2 Å².